The predicted molar refractivity (Wildman–Crippen MR) is 113 cm³/mol. The van der Waals surface area contributed by atoms with Crippen molar-refractivity contribution in [1.29, 1.82) is 0 Å². The van der Waals surface area contributed by atoms with Crippen molar-refractivity contribution in [3.8, 4) is 5.75 Å². The van der Waals surface area contributed by atoms with Crippen molar-refractivity contribution in [2.24, 2.45) is 0 Å². The molecule has 0 radical (unpaired) electrons. The zero-order valence-corrected chi connectivity index (χ0v) is 17.5. The van der Waals surface area contributed by atoms with Gasteiger partial charge in [-0.15, -0.1) is 0 Å². The molecule has 9 nitrogen and oxygen atoms in total. The summed E-state index contributed by atoms with van der Waals surface area (Å²) in [5, 5.41) is 6.62. The van der Waals surface area contributed by atoms with Gasteiger partial charge in [-0.2, -0.15) is 0 Å². The van der Waals surface area contributed by atoms with Crippen molar-refractivity contribution in [1.82, 2.24) is 20.4 Å². The number of halogens is 1. The van der Waals surface area contributed by atoms with Gasteiger partial charge in [0.15, 0.2) is 0 Å². The van der Waals surface area contributed by atoms with E-state index in [4.69, 9.17) is 9.26 Å². The molecule has 3 amide bonds. The molecule has 1 saturated heterocycles. The fraction of sp³-hybridized carbons (Fsp3) is 0.273. The quantitative estimate of drug-likeness (QED) is 0.579. The van der Waals surface area contributed by atoms with Gasteiger partial charge in [-0.3, -0.25) is 9.69 Å². The molecule has 4 rings (SSSR count). The second-order valence-corrected chi connectivity index (χ2v) is 7.27. The van der Waals surface area contributed by atoms with Gasteiger partial charge >= 0.3 is 6.03 Å². The lowest BCUT2D eigenvalue weighted by atomic mass is 10.2. The number of alkyl halides is 1. The lowest BCUT2D eigenvalue weighted by Gasteiger charge is -2.18. The van der Waals surface area contributed by atoms with E-state index in [-0.39, 0.29) is 18.5 Å². The van der Waals surface area contributed by atoms with E-state index in [9.17, 15) is 14.0 Å². The number of aromatic nitrogens is 2. The van der Waals surface area contributed by atoms with Crippen LogP contribution >= 0.6 is 0 Å². The maximum Gasteiger partial charge on any atom is 0.326 e. The van der Waals surface area contributed by atoms with E-state index in [2.05, 4.69) is 15.5 Å². The van der Waals surface area contributed by atoms with Crippen LogP contribution < -0.4 is 15.0 Å². The lowest BCUT2D eigenvalue weighted by Crippen LogP contribution is -2.32. The Hall–Kier alpha value is -3.95. The Bertz CT molecular complexity index is 1100. The van der Waals surface area contributed by atoms with Gasteiger partial charge < -0.3 is 19.5 Å². The average Bonchev–Trinajstić information content (AvgIpc) is 3.39. The van der Waals surface area contributed by atoms with E-state index in [1.54, 1.807) is 59.2 Å². The number of amides is 3. The number of pyridine rings is 1. The molecule has 1 aromatic carbocycles. The topological polar surface area (TPSA) is 101 Å². The Kier molecular flexibility index (Phi) is 6.29. The first-order chi connectivity index (χ1) is 15.5. The van der Waals surface area contributed by atoms with Crippen LogP contribution in [0.1, 0.15) is 27.4 Å². The molecule has 0 unspecified atom stereocenters. The number of carbonyl (C=O) groups excluding carboxylic acids is 2. The lowest BCUT2D eigenvalue weighted by molar-refractivity contribution is 0.0950. The summed E-state index contributed by atoms with van der Waals surface area (Å²) in [7, 11) is 0. The molecule has 0 aliphatic carbocycles. The highest BCUT2D eigenvalue weighted by Crippen LogP contribution is 2.22. The molecule has 0 bridgehead atoms. The third-order valence-corrected chi connectivity index (χ3v) is 5.00. The number of hydrogen-bond donors (Lipinski definition) is 1. The first kappa shape index (κ1) is 21.3. The third-order valence-electron chi connectivity index (χ3n) is 5.00. The van der Waals surface area contributed by atoms with E-state index >= 15 is 0 Å². The van der Waals surface area contributed by atoms with Crippen LogP contribution in [0.15, 0.2) is 53.2 Å². The molecule has 0 saturated carbocycles. The minimum Gasteiger partial charge on any atom is -0.463 e. The molecule has 0 spiro atoms. The van der Waals surface area contributed by atoms with Crippen molar-refractivity contribution in [2.75, 3.05) is 24.9 Å². The number of carbonyl (C=O) groups is 2. The summed E-state index contributed by atoms with van der Waals surface area (Å²) in [6.45, 7) is 2.51. The van der Waals surface area contributed by atoms with Gasteiger partial charge in [-0.1, -0.05) is 17.3 Å². The van der Waals surface area contributed by atoms with Gasteiger partial charge in [0.05, 0.1) is 6.54 Å². The standard InChI is InChI=1S/C22H22FN5O4/c1-15-10-18(26-32-15)12-25-21(29)17-6-7-24-20(11-17)28-9-8-27(22(28)30)13-16-2-4-19(5-3-16)31-14-23/h2-7,10-11H,8-9,12-14H2,1H3,(H,25,29). The highest BCUT2D eigenvalue weighted by molar-refractivity contribution is 5.97. The van der Waals surface area contributed by atoms with Crippen LogP contribution in [0.5, 0.6) is 5.75 Å². The number of aryl methyl sites for hydroxylation is 1. The molecular weight excluding hydrogens is 417 g/mol. The van der Waals surface area contributed by atoms with Crippen molar-refractivity contribution >= 4 is 17.8 Å². The van der Waals surface area contributed by atoms with Crippen LogP contribution in [0, 0.1) is 6.92 Å². The van der Waals surface area contributed by atoms with Gasteiger partial charge in [0.25, 0.3) is 5.91 Å². The van der Waals surface area contributed by atoms with Crippen molar-refractivity contribution in [2.45, 2.75) is 20.0 Å². The molecule has 1 aliphatic rings. The Morgan fingerprint density at radius 2 is 2.03 bits per heavy atom. The number of urea groups is 1. The van der Waals surface area contributed by atoms with E-state index in [0.29, 0.717) is 48.2 Å². The molecular formula is C22H22FN5O4. The van der Waals surface area contributed by atoms with Crippen molar-refractivity contribution in [3.63, 3.8) is 0 Å². The Labute approximate surface area is 183 Å². The van der Waals surface area contributed by atoms with Crippen LogP contribution in [-0.4, -0.2) is 46.9 Å². The van der Waals surface area contributed by atoms with Gasteiger partial charge in [0.2, 0.25) is 6.86 Å². The molecule has 166 valence electrons. The largest absolute Gasteiger partial charge is 0.463 e. The first-order valence-corrected chi connectivity index (χ1v) is 10.0. The summed E-state index contributed by atoms with van der Waals surface area (Å²) >= 11 is 0. The van der Waals surface area contributed by atoms with Crippen molar-refractivity contribution < 1.29 is 23.2 Å². The maximum atomic E-state index is 12.9. The average molecular weight is 439 g/mol. The van der Waals surface area contributed by atoms with Crippen LogP contribution in [0.3, 0.4) is 0 Å². The normalized spacial score (nSPS) is 13.5. The van der Waals surface area contributed by atoms with E-state index < -0.39 is 6.86 Å². The Morgan fingerprint density at radius 3 is 2.75 bits per heavy atom. The number of ether oxygens (including phenoxy) is 1. The van der Waals surface area contributed by atoms with E-state index in [1.807, 2.05) is 0 Å². The smallest absolute Gasteiger partial charge is 0.326 e. The number of nitrogens with zero attached hydrogens (tertiary/aromatic N) is 4. The number of hydrogen-bond acceptors (Lipinski definition) is 6. The molecule has 1 N–H and O–H groups in total. The number of benzene rings is 1. The fourth-order valence-electron chi connectivity index (χ4n) is 3.40. The van der Waals surface area contributed by atoms with Crippen LogP contribution in [-0.2, 0) is 13.1 Å². The van der Waals surface area contributed by atoms with Gasteiger partial charge in [-0.05, 0) is 36.8 Å². The minimum absolute atomic E-state index is 0.197. The Balaban J connectivity index is 1.38. The molecule has 2 aromatic heterocycles. The zero-order chi connectivity index (χ0) is 22.5. The minimum atomic E-state index is -0.886. The summed E-state index contributed by atoms with van der Waals surface area (Å²) in [6.07, 6.45) is 1.50. The monoisotopic (exact) mass is 439 g/mol. The number of rotatable bonds is 8. The van der Waals surface area contributed by atoms with E-state index in [0.717, 1.165) is 5.56 Å². The number of anilines is 1. The molecule has 0 atom stereocenters. The predicted octanol–water partition coefficient (Wildman–Crippen LogP) is 3.06. The highest BCUT2D eigenvalue weighted by atomic mass is 19.1. The summed E-state index contributed by atoms with van der Waals surface area (Å²) in [5.74, 6) is 1.22. The van der Waals surface area contributed by atoms with Gasteiger partial charge in [0.1, 0.15) is 23.0 Å². The number of nitrogens with one attached hydrogen (secondary N) is 1. The second kappa shape index (κ2) is 9.46. The summed E-state index contributed by atoms with van der Waals surface area (Å²) in [6, 6.07) is 11.6. The SMILES string of the molecule is Cc1cc(CNC(=O)c2ccnc(N3CCN(Cc4ccc(OCF)cc4)C3=O)c2)no1. The van der Waals surface area contributed by atoms with Crippen LogP contribution in [0.4, 0.5) is 15.0 Å². The maximum absolute atomic E-state index is 12.9. The third kappa shape index (κ3) is 4.85. The first-order valence-electron chi connectivity index (χ1n) is 10.0. The molecule has 10 heteroatoms. The van der Waals surface area contributed by atoms with Crippen molar-refractivity contribution in [3.05, 3.63) is 71.2 Å². The zero-order valence-electron chi connectivity index (χ0n) is 17.5. The fourth-order valence-corrected chi connectivity index (χ4v) is 3.40. The molecule has 3 heterocycles. The molecule has 3 aromatic rings. The van der Waals surface area contributed by atoms with Gasteiger partial charge in [-0.25, -0.2) is 14.2 Å². The van der Waals surface area contributed by atoms with Crippen LogP contribution in [0.25, 0.3) is 0 Å². The second-order valence-electron chi connectivity index (χ2n) is 7.27. The molecule has 1 fully saturated rings. The summed E-state index contributed by atoms with van der Waals surface area (Å²) < 4.78 is 22.0. The summed E-state index contributed by atoms with van der Waals surface area (Å²) in [5.41, 5.74) is 1.92. The van der Waals surface area contributed by atoms with E-state index in [1.165, 1.54) is 6.20 Å². The van der Waals surface area contributed by atoms with Crippen LogP contribution in [0.2, 0.25) is 0 Å². The summed E-state index contributed by atoms with van der Waals surface area (Å²) in [4.78, 5) is 32.9. The van der Waals surface area contributed by atoms with Gasteiger partial charge in [0, 0.05) is 37.5 Å². The Morgan fingerprint density at radius 1 is 1.22 bits per heavy atom. The molecule has 1 aliphatic heterocycles. The molecule has 32 heavy (non-hydrogen) atoms. The highest BCUT2D eigenvalue weighted by Gasteiger charge is 2.30.